The maximum atomic E-state index is 13.7. The molecule has 4 rings (SSSR count). The van der Waals surface area contributed by atoms with Crippen LogP contribution in [0.25, 0.3) is 0 Å². The average molecular weight is 625 g/mol. The fourth-order valence-corrected chi connectivity index (χ4v) is 4.86. The van der Waals surface area contributed by atoms with Crippen molar-refractivity contribution in [1.82, 2.24) is 21.3 Å². The lowest BCUT2D eigenvalue weighted by molar-refractivity contribution is -0.132. The molecule has 2 bridgehead atoms. The first-order valence-electron chi connectivity index (χ1n) is 15.6. The highest BCUT2D eigenvalue weighted by atomic mass is 16.6. The van der Waals surface area contributed by atoms with Crippen LogP contribution in [0, 0.1) is 5.92 Å². The molecule has 2 heterocycles. The summed E-state index contributed by atoms with van der Waals surface area (Å²) in [6.07, 6.45) is -0.687. The van der Waals surface area contributed by atoms with Gasteiger partial charge in [-0.1, -0.05) is 62.7 Å². The van der Waals surface area contributed by atoms with Gasteiger partial charge in [-0.15, -0.1) is 0 Å². The largest absolute Gasteiger partial charge is 0.494 e. The van der Waals surface area contributed by atoms with Gasteiger partial charge in [-0.05, 0) is 69.2 Å². The highest BCUT2D eigenvalue weighted by Crippen LogP contribution is 2.16. The zero-order valence-corrected chi connectivity index (χ0v) is 26.9. The van der Waals surface area contributed by atoms with Gasteiger partial charge in [0.05, 0.1) is 18.7 Å². The number of aliphatic hydroxyl groups is 1. The number of Topliss-reactive ketones (excluding diaryl/α,β-unsaturated/α-hetero) is 1. The molecular formula is C34H48N4O7. The molecule has 1 unspecified atom stereocenters. The summed E-state index contributed by atoms with van der Waals surface area (Å²) in [7, 11) is 0. The molecule has 0 aromatic heterocycles. The Labute approximate surface area is 265 Å². The van der Waals surface area contributed by atoms with Crippen LogP contribution in [0.15, 0.2) is 54.6 Å². The van der Waals surface area contributed by atoms with Crippen molar-refractivity contribution in [2.75, 3.05) is 19.7 Å². The second-order valence-electron chi connectivity index (χ2n) is 12.5. The van der Waals surface area contributed by atoms with Crippen molar-refractivity contribution in [3.63, 3.8) is 0 Å². The minimum atomic E-state index is -1.55. The highest BCUT2D eigenvalue weighted by Gasteiger charge is 2.32. The van der Waals surface area contributed by atoms with Crippen molar-refractivity contribution in [1.29, 1.82) is 0 Å². The van der Waals surface area contributed by atoms with Crippen LogP contribution in [-0.2, 0) is 32.0 Å². The standard InChI is InChI=1S/C34H48N4O7/c1-6-22(2)29-32(42)35-17-10-18-44-25-15-13-24(14-16-25)20-27(31(41)38-29)36-21-28(39)30(40)26(19-23-11-8-7-9-12-23)37-33(43)45-34(3,4)5/h7-9,11-16,22,26-29,36,39H,6,10,17-21H2,1-5H3,(H,35,42)(H,37,43)(H,38,41)/t22?,26-,27-,28+,29-/m0/s1. The normalized spacial score (nSPS) is 19.9. The van der Waals surface area contributed by atoms with Crippen molar-refractivity contribution < 1.29 is 33.8 Å². The number of hydrogen-bond acceptors (Lipinski definition) is 8. The Hall–Kier alpha value is -3.96. The molecule has 0 fully saturated rings. The van der Waals surface area contributed by atoms with Crippen LogP contribution >= 0.6 is 0 Å². The van der Waals surface area contributed by atoms with Gasteiger partial charge in [0.2, 0.25) is 11.8 Å². The van der Waals surface area contributed by atoms with E-state index in [1.165, 1.54) is 0 Å². The lowest BCUT2D eigenvalue weighted by Gasteiger charge is -2.28. The second-order valence-corrected chi connectivity index (χ2v) is 12.5. The number of fused-ring (bicyclic) bond motifs is 12. The number of amides is 3. The van der Waals surface area contributed by atoms with Crippen LogP contribution in [-0.4, -0.2) is 78.3 Å². The molecular weight excluding hydrogens is 576 g/mol. The highest BCUT2D eigenvalue weighted by molar-refractivity contribution is 5.92. The van der Waals surface area contributed by atoms with E-state index < -0.39 is 47.6 Å². The molecule has 0 saturated carbocycles. The molecule has 2 aliphatic heterocycles. The topological polar surface area (TPSA) is 155 Å². The van der Waals surface area contributed by atoms with E-state index in [1.807, 2.05) is 68.4 Å². The maximum absolute atomic E-state index is 13.7. The third-order valence-electron chi connectivity index (χ3n) is 7.57. The smallest absolute Gasteiger partial charge is 0.408 e. The molecule has 0 radical (unpaired) electrons. The summed E-state index contributed by atoms with van der Waals surface area (Å²) in [6.45, 7) is 9.57. The Bertz CT molecular complexity index is 1260. The summed E-state index contributed by atoms with van der Waals surface area (Å²) >= 11 is 0. The van der Waals surface area contributed by atoms with Gasteiger partial charge in [-0.3, -0.25) is 14.4 Å². The Morgan fingerprint density at radius 1 is 1.07 bits per heavy atom. The van der Waals surface area contributed by atoms with Crippen molar-refractivity contribution in [2.24, 2.45) is 5.92 Å². The van der Waals surface area contributed by atoms with Gasteiger partial charge in [0, 0.05) is 13.1 Å². The van der Waals surface area contributed by atoms with Crippen LogP contribution in [0.1, 0.15) is 58.6 Å². The number of ether oxygens (including phenoxy) is 2. The minimum Gasteiger partial charge on any atom is -0.494 e. The van der Waals surface area contributed by atoms with E-state index in [4.69, 9.17) is 9.47 Å². The van der Waals surface area contributed by atoms with E-state index in [2.05, 4.69) is 21.3 Å². The molecule has 5 atom stereocenters. The second kappa shape index (κ2) is 16.9. The molecule has 0 saturated heterocycles. The maximum Gasteiger partial charge on any atom is 0.408 e. The van der Waals surface area contributed by atoms with E-state index in [1.54, 1.807) is 20.8 Å². The van der Waals surface area contributed by atoms with Crippen LogP contribution < -0.4 is 26.0 Å². The molecule has 0 spiro atoms. The third-order valence-corrected chi connectivity index (χ3v) is 7.57. The van der Waals surface area contributed by atoms with Gasteiger partial charge in [0.15, 0.2) is 5.78 Å². The number of aliphatic hydroxyl groups excluding tert-OH is 1. The van der Waals surface area contributed by atoms with E-state index in [0.717, 1.165) is 11.1 Å². The van der Waals surface area contributed by atoms with Gasteiger partial charge in [0.1, 0.15) is 23.5 Å². The van der Waals surface area contributed by atoms with Crippen LogP contribution in [0.2, 0.25) is 0 Å². The molecule has 11 heteroatoms. The number of rotatable bonds is 10. The van der Waals surface area contributed by atoms with Crippen molar-refractivity contribution in [3.8, 4) is 5.75 Å². The van der Waals surface area contributed by atoms with E-state index >= 15 is 0 Å². The number of carbonyl (C=O) groups excluding carboxylic acids is 4. The van der Waals surface area contributed by atoms with Crippen LogP contribution in [0.5, 0.6) is 5.75 Å². The van der Waals surface area contributed by atoms with E-state index in [0.29, 0.717) is 31.7 Å². The Morgan fingerprint density at radius 2 is 1.76 bits per heavy atom. The number of carbonyl (C=O) groups is 4. The average Bonchev–Trinajstić information content (AvgIpc) is 3.00. The molecule has 246 valence electrons. The van der Waals surface area contributed by atoms with Crippen molar-refractivity contribution in [2.45, 2.75) is 90.1 Å². The first-order chi connectivity index (χ1) is 21.4. The van der Waals surface area contributed by atoms with Gasteiger partial charge in [-0.25, -0.2) is 4.79 Å². The number of benzene rings is 2. The summed E-state index contributed by atoms with van der Waals surface area (Å²) < 4.78 is 11.1. The van der Waals surface area contributed by atoms with E-state index in [9.17, 15) is 24.3 Å². The molecule has 2 aliphatic rings. The molecule has 11 nitrogen and oxygen atoms in total. The van der Waals surface area contributed by atoms with Crippen molar-refractivity contribution >= 4 is 23.7 Å². The van der Waals surface area contributed by atoms with Gasteiger partial charge < -0.3 is 35.8 Å². The predicted octanol–water partition coefficient (Wildman–Crippen LogP) is 2.68. The third kappa shape index (κ3) is 11.8. The van der Waals surface area contributed by atoms with Crippen molar-refractivity contribution in [3.05, 3.63) is 65.7 Å². The first-order valence-corrected chi connectivity index (χ1v) is 15.6. The lowest BCUT2D eigenvalue weighted by Crippen LogP contribution is -2.57. The number of ketones is 1. The van der Waals surface area contributed by atoms with Gasteiger partial charge >= 0.3 is 6.09 Å². The lowest BCUT2D eigenvalue weighted by atomic mass is 9.96. The fourth-order valence-electron chi connectivity index (χ4n) is 4.86. The predicted molar refractivity (Wildman–Crippen MR) is 171 cm³/mol. The Balaban J connectivity index is 1.79. The summed E-state index contributed by atoms with van der Waals surface area (Å²) in [6, 6.07) is 13.8. The number of hydrogen-bond donors (Lipinski definition) is 5. The minimum absolute atomic E-state index is 0.134. The monoisotopic (exact) mass is 624 g/mol. The number of alkyl carbamates (subject to hydrolysis) is 1. The SMILES string of the molecule is CCC(C)[C@@H]1NC(=O)[C@@H](NC[C@@H](O)C(=O)[C@H](Cc2ccccc2)NC(=O)OC(C)(C)C)Cc2ccc(cc2)OCCCNC1=O. The van der Waals surface area contributed by atoms with Gasteiger partial charge in [0.25, 0.3) is 0 Å². The fraction of sp³-hybridized carbons (Fsp3) is 0.529. The quantitative estimate of drug-likeness (QED) is 0.270. The molecule has 0 aliphatic carbocycles. The zero-order chi connectivity index (χ0) is 33.0. The summed E-state index contributed by atoms with van der Waals surface area (Å²) in [5, 5.41) is 22.5. The van der Waals surface area contributed by atoms with Crippen LogP contribution in [0.4, 0.5) is 4.79 Å². The molecule has 3 amide bonds. The Kier molecular flexibility index (Phi) is 13.4. The summed E-state index contributed by atoms with van der Waals surface area (Å²) in [5.74, 6) is -0.802. The zero-order valence-electron chi connectivity index (χ0n) is 26.9. The molecule has 45 heavy (non-hydrogen) atoms. The molecule has 5 N–H and O–H groups in total. The van der Waals surface area contributed by atoms with Gasteiger partial charge in [-0.2, -0.15) is 0 Å². The number of nitrogens with one attached hydrogen (secondary N) is 4. The molecule has 2 aromatic carbocycles. The molecule has 2 aromatic rings. The Morgan fingerprint density at radius 3 is 2.40 bits per heavy atom. The van der Waals surface area contributed by atoms with Crippen LogP contribution in [0.3, 0.4) is 0 Å². The summed E-state index contributed by atoms with van der Waals surface area (Å²) in [4.78, 5) is 52.8. The first kappa shape index (κ1) is 35.5. The van der Waals surface area contributed by atoms with E-state index in [-0.39, 0.29) is 31.2 Å². The summed E-state index contributed by atoms with van der Waals surface area (Å²) in [5.41, 5.74) is 0.830.